The van der Waals surface area contributed by atoms with Crippen molar-refractivity contribution in [3.63, 3.8) is 0 Å². The van der Waals surface area contributed by atoms with Gasteiger partial charge < -0.3 is 14.0 Å². The maximum Gasteiger partial charge on any atom is 0.345 e. The molecule has 0 spiro atoms. The minimum Gasteiger partial charge on any atom is -0.464 e. The Kier molecular flexibility index (Phi) is 5.12. The minimum atomic E-state index is -1.77. The molecule has 0 radical (unpaired) electrons. The number of hydrogen-bond acceptors (Lipinski definition) is 5. The van der Waals surface area contributed by atoms with E-state index in [1.54, 1.807) is 26.0 Å². The lowest BCUT2D eigenvalue weighted by Crippen LogP contribution is -2.50. The van der Waals surface area contributed by atoms with Crippen LogP contribution in [0.4, 0.5) is 0 Å². The molecule has 1 aromatic rings. The molecule has 1 aromatic heterocycles. The molecule has 0 aliphatic rings. The van der Waals surface area contributed by atoms with Crippen LogP contribution in [-0.2, 0) is 24.6 Å². The summed E-state index contributed by atoms with van der Waals surface area (Å²) in [6, 6.07) is 5.17. The molecule has 0 amide bonds. The van der Waals surface area contributed by atoms with Gasteiger partial charge >= 0.3 is 11.9 Å². The van der Waals surface area contributed by atoms with Crippen molar-refractivity contribution in [1.29, 1.82) is 5.26 Å². The van der Waals surface area contributed by atoms with E-state index in [1.807, 2.05) is 6.07 Å². The summed E-state index contributed by atoms with van der Waals surface area (Å²) in [6.07, 6.45) is 2.72. The van der Waals surface area contributed by atoms with E-state index in [1.165, 1.54) is 17.0 Å². The quantitative estimate of drug-likeness (QED) is 0.570. The van der Waals surface area contributed by atoms with E-state index in [9.17, 15) is 9.59 Å². The van der Waals surface area contributed by atoms with Crippen LogP contribution in [0.2, 0.25) is 0 Å². The molecule has 0 aromatic carbocycles. The topological polar surface area (TPSA) is 81.3 Å². The second kappa shape index (κ2) is 6.59. The fourth-order valence-electron chi connectivity index (χ4n) is 1.73. The van der Waals surface area contributed by atoms with Gasteiger partial charge in [-0.05, 0) is 26.0 Å². The Hall–Kier alpha value is -2.29. The Balaban J connectivity index is 3.30. The van der Waals surface area contributed by atoms with Crippen LogP contribution in [0.5, 0.6) is 0 Å². The summed E-state index contributed by atoms with van der Waals surface area (Å²) in [5, 5.41) is 8.96. The molecule has 1 heterocycles. The van der Waals surface area contributed by atoms with Gasteiger partial charge in [-0.1, -0.05) is 0 Å². The van der Waals surface area contributed by atoms with E-state index in [0.29, 0.717) is 0 Å². The molecule has 6 nitrogen and oxygen atoms in total. The molecular formula is C13H16N2O4. The van der Waals surface area contributed by atoms with Crippen LogP contribution in [0.25, 0.3) is 0 Å². The average molecular weight is 264 g/mol. The van der Waals surface area contributed by atoms with Crippen molar-refractivity contribution in [1.82, 2.24) is 4.57 Å². The van der Waals surface area contributed by atoms with Crippen molar-refractivity contribution >= 4 is 11.9 Å². The highest BCUT2D eigenvalue weighted by atomic mass is 16.6. The van der Waals surface area contributed by atoms with E-state index in [2.05, 4.69) is 0 Å². The number of rotatable bonds is 6. The molecule has 0 saturated heterocycles. The average Bonchev–Trinajstić information content (AvgIpc) is 2.90. The van der Waals surface area contributed by atoms with Crippen LogP contribution in [0, 0.1) is 11.3 Å². The second-order valence-electron chi connectivity index (χ2n) is 3.73. The highest BCUT2D eigenvalue weighted by Gasteiger charge is 2.50. The summed E-state index contributed by atoms with van der Waals surface area (Å²) in [6.45, 7) is 3.51. The third-order valence-electron chi connectivity index (χ3n) is 2.61. The highest BCUT2D eigenvalue weighted by molar-refractivity contribution is 6.02. The van der Waals surface area contributed by atoms with E-state index < -0.39 is 17.5 Å². The largest absolute Gasteiger partial charge is 0.464 e. The number of esters is 2. The molecule has 0 aliphatic carbocycles. The molecule has 0 aliphatic heterocycles. The van der Waals surface area contributed by atoms with E-state index in [4.69, 9.17) is 14.7 Å². The molecule has 102 valence electrons. The number of aromatic nitrogens is 1. The zero-order valence-electron chi connectivity index (χ0n) is 11.0. The predicted molar refractivity (Wildman–Crippen MR) is 65.9 cm³/mol. The maximum absolute atomic E-state index is 12.2. The number of carbonyl (C=O) groups excluding carboxylic acids is 2. The molecule has 0 unspecified atom stereocenters. The SMILES string of the molecule is CCOC(=O)C(CC#N)(C(=O)OCC)n1cccc1. The Morgan fingerprint density at radius 2 is 1.63 bits per heavy atom. The molecule has 0 atom stereocenters. The summed E-state index contributed by atoms with van der Waals surface area (Å²) in [5.41, 5.74) is -1.77. The van der Waals surface area contributed by atoms with E-state index in [-0.39, 0.29) is 19.6 Å². The normalized spacial score (nSPS) is 10.6. The van der Waals surface area contributed by atoms with Crippen molar-refractivity contribution in [2.45, 2.75) is 25.8 Å². The molecule has 0 N–H and O–H groups in total. The van der Waals surface area contributed by atoms with Crippen molar-refractivity contribution in [3.05, 3.63) is 24.5 Å². The van der Waals surface area contributed by atoms with Crippen LogP contribution < -0.4 is 0 Å². The Bertz CT molecular complexity index is 455. The first-order valence-corrected chi connectivity index (χ1v) is 5.98. The van der Waals surface area contributed by atoms with Crippen LogP contribution in [-0.4, -0.2) is 29.7 Å². The van der Waals surface area contributed by atoms with Gasteiger partial charge in [0.15, 0.2) is 0 Å². The van der Waals surface area contributed by atoms with Gasteiger partial charge in [-0.2, -0.15) is 5.26 Å². The minimum absolute atomic E-state index is 0.118. The predicted octanol–water partition coefficient (Wildman–Crippen LogP) is 1.22. The smallest absolute Gasteiger partial charge is 0.345 e. The number of carbonyl (C=O) groups is 2. The number of nitriles is 1. The van der Waals surface area contributed by atoms with Crippen LogP contribution in [0.3, 0.4) is 0 Å². The van der Waals surface area contributed by atoms with Crippen LogP contribution in [0.15, 0.2) is 24.5 Å². The van der Waals surface area contributed by atoms with Crippen LogP contribution >= 0.6 is 0 Å². The third kappa shape index (κ3) is 2.76. The maximum atomic E-state index is 12.2. The molecular weight excluding hydrogens is 248 g/mol. The summed E-state index contributed by atoms with van der Waals surface area (Å²) in [4.78, 5) is 24.3. The fraction of sp³-hybridized carbons (Fsp3) is 0.462. The van der Waals surface area contributed by atoms with E-state index >= 15 is 0 Å². The van der Waals surface area contributed by atoms with Gasteiger partial charge in [-0.15, -0.1) is 0 Å². The molecule has 0 saturated carbocycles. The van der Waals surface area contributed by atoms with Gasteiger partial charge in [0, 0.05) is 12.4 Å². The molecule has 0 fully saturated rings. The lowest BCUT2D eigenvalue weighted by molar-refractivity contribution is -0.169. The fourth-order valence-corrected chi connectivity index (χ4v) is 1.73. The van der Waals surface area contributed by atoms with Crippen LogP contribution in [0.1, 0.15) is 20.3 Å². The van der Waals surface area contributed by atoms with Gasteiger partial charge in [0.05, 0.1) is 25.7 Å². The van der Waals surface area contributed by atoms with Gasteiger partial charge in [0.1, 0.15) is 0 Å². The summed E-state index contributed by atoms with van der Waals surface area (Å²) >= 11 is 0. The first-order chi connectivity index (χ1) is 9.13. The van der Waals surface area contributed by atoms with Crippen molar-refractivity contribution < 1.29 is 19.1 Å². The van der Waals surface area contributed by atoms with Gasteiger partial charge in [0.25, 0.3) is 5.54 Å². The molecule has 19 heavy (non-hydrogen) atoms. The number of ether oxygens (including phenoxy) is 2. The van der Waals surface area contributed by atoms with Gasteiger partial charge in [-0.25, -0.2) is 9.59 Å². The number of hydrogen-bond donors (Lipinski definition) is 0. The van der Waals surface area contributed by atoms with Crippen molar-refractivity contribution in [2.24, 2.45) is 0 Å². The number of nitrogens with zero attached hydrogens (tertiary/aromatic N) is 2. The molecule has 1 rings (SSSR count). The zero-order chi connectivity index (χ0) is 14.3. The second-order valence-corrected chi connectivity index (χ2v) is 3.73. The van der Waals surface area contributed by atoms with Crippen molar-refractivity contribution in [2.75, 3.05) is 13.2 Å². The van der Waals surface area contributed by atoms with Gasteiger partial charge in [-0.3, -0.25) is 0 Å². The lowest BCUT2D eigenvalue weighted by atomic mass is 9.95. The lowest BCUT2D eigenvalue weighted by Gasteiger charge is -2.28. The van der Waals surface area contributed by atoms with Crippen molar-refractivity contribution in [3.8, 4) is 6.07 Å². The standard InChI is InChI=1S/C13H16N2O4/c1-3-18-11(16)13(7-8-14,12(17)19-4-2)15-9-5-6-10-15/h5-6,9-10H,3-4,7H2,1-2H3. The summed E-state index contributed by atoms with van der Waals surface area (Å²) < 4.78 is 11.2. The Morgan fingerprint density at radius 3 is 2.00 bits per heavy atom. The first kappa shape index (κ1) is 14.8. The molecule has 0 bridgehead atoms. The highest BCUT2D eigenvalue weighted by Crippen LogP contribution is 2.25. The monoisotopic (exact) mass is 264 g/mol. The third-order valence-corrected chi connectivity index (χ3v) is 2.61. The summed E-state index contributed by atoms with van der Waals surface area (Å²) in [5.74, 6) is -1.57. The first-order valence-electron chi connectivity index (χ1n) is 5.98. The summed E-state index contributed by atoms with van der Waals surface area (Å²) in [7, 11) is 0. The van der Waals surface area contributed by atoms with E-state index in [0.717, 1.165) is 0 Å². The molecule has 6 heteroatoms. The Morgan fingerprint density at radius 1 is 1.16 bits per heavy atom. The zero-order valence-corrected chi connectivity index (χ0v) is 11.0. The Labute approximate surface area is 111 Å². The van der Waals surface area contributed by atoms with Gasteiger partial charge in [0.2, 0.25) is 0 Å².